The zero-order valence-electron chi connectivity index (χ0n) is 18.7. The number of nitrogens with zero attached hydrogens (tertiary/aromatic N) is 8. The summed E-state index contributed by atoms with van der Waals surface area (Å²) in [5.41, 5.74) is 2.12. The third-order valence-electron chi connectivity index (χ3n) is 6.23. The highest BCUT2D eigenvalue weighted by Crippen LogP contribution is 2.32. The molecule has 2 aliphatic heterocycles. The zero-order chi connectivity index (χ0) is 22.2. The van der Waals surface area contributed by atoms with Crippen molar-refractivity contribution in [3.05, 3.63) is 36.0 Å². The van der Waals surface area contributed by atoms with Crippen molar-refractivity contribution in [1.82, 2.24) is 35.3 Å². The third-order valence-corrected chi connectivity index (χ3v) is 6.23. The van der Waals surface area contributed by atoms with Gasteiger partial charge < -0.3 is 20.2 Å². The van der Waals surface area contributed by atoms with Gasteiger partial charge in [-0.15, -0.1) is 10.2 Å². The molecule has 32 heavy (non-hydrogen) atoms. The number of aryl methyl sites for hydroxylation is 1. The first-order valence-electron chi connectivity index (χ1n) is 11.1. The van der Waals surface area contributed by atoms with E-state index in [0.29, 0.717) is 35.7 Å². The van der Waals surface area contributed by atoms with Crippen molar-refractivity contribution >= 4 is 11.6 Å². The molecular formula is C22H29N9O. The molecule has 0 bridgehead atoms. The molecule has 0 amide bonds. The van der Waals surface area contributed by atoms with E-state index in [-0.39, 0.29) is 5.75 Å². The number of anilines is 2. The summed E-state index contributed by atoms with van der Waals surface area (Å²) >= 11 is 0. The van der Waals surface area contributed by atoms with Gasteiger partial charge in [0.15, 0.2) is 0 Å². The Morgan fingerprint density at radius 3 is 2.75 bits per heavy atom. The summed E-state index contributed by atoms with van der Waals surface area (Å²) in [6, 6.07) is 6.05. The molecule has 1 atom stereocenters. The normalized spacial score (nSPS) is 18.8. The van der Waals surface area contributed by atoms with Gasteiger partial charge in [-0.2, -0.15) is 5.10 Å². The second kappa shape index (κ2) is 8.34. The molecule has 2 aliphatic rings. The van der Waals surface area contributed by atoms with Gasteiger partial charge in [0.2, 0.25) is 5.95 Å². The van der Waals surface area contributed by atoms with Crippen molar-refractivity contribution < 1.29 is 5.11 Å². The zero-order valence-corrected chi connectivity index (χ0v) is 18.7. The first-order valence-corrected chi connectivity index (χ1v) is 11.1. The van der Waals surface area contributed by atoms with E-state index in [1.165, 1.54) is 0 Å². The number of nitrogens with one attached hydrogen (secondary N) is 1. The van der Waals surface area contributed by atoms with Crippen LogP contribution in [-0.2, 0) is 13.1 Å². The Hall–Kier alpha value is -3.27. The van der Waals surface area contributed by atoms with E-state index in [4.69, 9.17) is 0 Å². The smallest absolute Gasteiger partial charge is 0.245 e. The SMILES string of the molecule is Cc1nc2n(n1)CCN(c1ccc(-c3cnc(N4CCNC(C(C)C)C4)nn3)c(O)c1)C2. The quantitative estimate of drug-likeness (QED) is 0.632. The maximum atomic E-state index is 10.7. The van der Waals surface area contributed by atoms with Crippen molar-refractivity contribution in [2.24, 2.45) is 5.92 Å². The lowest BCUT2D eigenvalue weighted by Crippen LogP contribution is -2.53. The molecular weight excluding hydrogens is 406 g/mol. The third kappa shape index (κ3) is 3.97. The predicted octanol–water partition coefficient (Wildman–Crippen LogP) is 1.60. The van der Waals surface area contributed by atoms with Crippen LogP contribution in [0.5, 0.6) is 5.75 Å². The summed E-state index contributed by atoms with van der Waals surface area (Å²) in [5.74, 6) is 3.06. The molecule has 0 saturated carbocycles. The first-order chi connectivity index (χ1) is 15.5. The molecule has 0 aliphatic carbocycles. The Balaban J connectivity index is 1.31. The lowest BCUT2D eigenvalue weighted by molar-refractivity contribution is 0.365. The summed E-state index contributed by atoms with van der Waals surface area (Å²) in [5, 5.41) is 27.4. The van der Waals surface area contributed by atoms with Crippen LogP contribution in [0.2, 0.25) is 0 Å². The molecule has 1 aromatic carbocycles. The molecule has 5 rings (SSSR count). The number of hydrogen-bond donors (Lipinski definition) is 2. The summed E-state index contributed by atoms with van der Waals surface area (Å²) < 4.78 is 1.95. The van der Waals surface area contributed by atoms with Crippen molar-refractivity contribution in [3.63, 3.8) is 0 Å². The van der Waals surface area contributed by atoms with Crippen LogP contribution in [0.25, 0.3) is 11.3 Å². The number of benzene rings is 1. The largest absolute Gasteiger partial charge is 0.507 e. The lowest BCUT2D eigenvalue weighted by atomic mass is 10.0. The van der Waals surface area contributed by atoms with Gasteiger partial charge in [0, 0.05) is 49.5 Å². The fraction of sp³-hybridized carbons (Fsp3) is 0.500. The molecule has 168 valence electrons. The van der Waals surface area contributed by atoms with E-state index >= 15 is 0 Å². The second-order valence-electron chi connectivity index (χ2n) is 8.82. The first kappa shape index (κ1) is 20.6. The number of rotatable bonds is 4. The van der Waals surface area contributed by atoms with Crippen LogP contribution in [0.4, 0.5) is 11.6 Å². The number of fused-ring (bicyclic) bond motifs is 1. The van der Waals surface area contributed by atoms with E-state index in [2.05, 4.69) is 54.2 Å². The molecule has 1 unspecified atom stereocenters. The monoisotopic (exact) mass is 435 g/mol. The molecule has 2 N–H and O–H groups in total. The highest BCUT2D eigenvalue weighted by molar-refractivity contribution is 5.70. The number of phenolic OH excluding ortho intramolecular Hbond substituents is 1. The van der Waals surface area contributed by atoms with Crippen LogP contribution in [0.3, 0.4) is 0 Å². The van der Waals surface area contributed by atoms with Crippen molar-refractivity contribution in [2.45, 2.75) is 39.9 Å². The van der Waals surface area contributed by atoms with Crippen LogP contribution < -0.4 is 15.1 Å². The lowest BCUT2D eigenvalue weighted by Gasteiger charge is -2.35. The van der Waals surface area contributed by atoms with Gasteiger partial charge in [0.25, 0.3) is 0 Å². The maximum absolute atomic E-state index is 10.7. The van der Waals surface area contributed by atoms with Gasteiger partial charge >= 0.3 is 0 Å². The highest BCUT2D eigenvalue weighted by atomic mass is 16.3. The second-order valence-corrected chi connectivity index (χ2v) is 8.82. The van der Waals surface area contributed by atoms with Gasteiger partial charge in [-0.05, 0) is 25.0 Å². The van der Waals surface area contributed by atoms with E-state index in [1.807, 2.05) is 23.7 Å². The summed E-state index contributed by atoms with van der Waals surface area (Å²) in [6.45, 7) is 11.2. The standard InChI is InChI=1S/C22H29N9O/c1-14(2)19-12-30(7-6-23-19)22-24-11-18(26-27-22)17-5-4-16(10-20(17)32)29-8-9-31-21(13-29)25-15(3)28-31/h4-5,10-11,14,19,23,32H,6-9,12-13H2,1-3H3. The Morgan fingerprint density at radius 2 is 2.00 bits per heavy atom. The topological polar surface area (TPSA) is 108 Å². The number of phenols is 1. The van der Waals surface area contributed by atoms with Gasteiger partial charge in [0.05, 0.1) is 19.3 Å². The number of aromatic nitrogens is 6. The van der Waals surface area contributed by atoms with Gasteiger partial charge in [0.1, 0.15) is 23.1 Å². The Bertz CT molecular complexity index is 1100. The summed E-state index contributed by atoms with van der Waals surface area (Å²) in [7, 11) is 0. The Labute approximate surface area is 187 Å². The van der Waals surface area contributed by atoms with Crippen molar-refractivity contribution in [2.75, 3.05) is 36.0 Å². The average Bonchev–Trinajstić information content (AvgIpc) is 3.18. The predicted molar refractivity (Wildman–Crippen MR) is 122 cm³/mol. The summed E-state index contributed by atoms with van der Waals surface area (Å²) in [4.78, 5) is 13.4. The molecule has 2 aromatic heterocycles. The minimum atomic E-state index is 0.164. The minimum absolute atomic E-state index is 0.164. The average molecular weight is 436 g/mol. The van der Waals surface area contributed by atoms with Crippen molar-refractivity contribution in [3.8, 4) is 17.0 Å². The van der Waals surface area contributed by atoms with E-state index in [9.17, 15) is 5.11 Å². The maximum Gasteiger partial charge on any atom is 0.245 e. The number of hydrogen-bond acceptors (Lipinski definition) is 9. The van der Waals surface area contributed by atoms with E-state index in [1.54, 1.807) is 12.3 Å². The van der Waals surface area contributed by atoms with Crippen LogP contribution in [0, 0.1) is 12.8 Å². The Morgan fingerprint density at radius 1 is 1.12 bits per heavy atom. The molecule has 0 spiro atoms. The molecule has 0 radical (unpaired) electrons. The molecule has 10 nitrogen and oxygen atoms in total. The number of aromatic hydroxyl groups is 1. The van der Waals surface area contributed by atoms with E-state index < -0.39 is 0 Å². The molecule has 1 saturated heterocycles. The molecule has 1 fully saturated rings. The van der Waals surface area contributed by atoms with Crippen LogP contribution in [0.1, 0.15) is 25.5 Å². The van der Waals surface area contributed by atoms with Gasteiger partial charge in [-0.1, -0.05) is 13.8 Å². The Kier molecular flexibility index (Phi) is 5.38. The van der Waals surface area contributed by atoms with Crippen LogP contribution in [-0.4, -0.2) is 67.3 Å². The molecule has 4 heterocycles. The molecule has 3 aromatic rings. The fourth-order valence-corrected chi connectivity index (χ4v) is 4.36. The van der Waals surface area contributed by atoms with Crippen LogP contribution >= 0.6 is 0 Å². The van der Waals surface area contributed by atoms with Gasteiger partial charge in [-0.25, -0.2) is 14.6 Å². The minimum Gasteiger partial charge on any atom is -0.507 e. The number of piperazine rings is 1. The fourth-order valence-electron chi connectivity index (χ4n) is 4.36. The van der Waals surface area contributed by atoms with Crippen molar-refractivity contribution in [1.29, 1.82) is 0 Å². The highest BCUT2D eigenvalue weighted by Gasteiger charge is 2.24. The summed E-state index contributed by atoms with van der Waals surface area (Å²) in [6.07, 6.45) is 1.69. The molecule has 10 heteroatoms. The van der Waals surface area contributed by atoms with Gasteiger partial charge in [-0.3, -0.25) is 0 Å². The van der Waals surface area contributed by atoms with Crippen LogP contribution in [0.15, 0.2) is 24.4 Å². The van der Waals surface area contributed by atoms with E-state index in [0.717, 1.165) is 50.1 Å².